The van der Waals surface area contributed by atoms with E-state index in [4.69, 9.17) is 0 Å². The first-order chi connectivity index (χ1) is 11.5. The number of nitrogens with one attached hydrogen (secondary N) is 1. The summed E-state index contributed by atoms with van der Waals surface area (Å²) in [5.41, 5.74) is 0.198. The summed E-state index contributed by atoms with van der Waals surface area (Å²) in [5, 5.41) is 2.67. The average Bonchev–Trinajstić information content (AvgIpc) is 2.98. The van der Waals surface area contributed by atoms with Gasteiger partial charge in [-0.15, -0.1) is 0 Å². The van der Waals surface area contributed by atoms with Gasteiger partial charge >= 0.3 is 5.69 Å². The largest absolute Gasteiger partial charge is 0.350 e. The summed E-state index contributed by atoms with van der Waals surface area (Å²) in [6.45, 7) is 0.213. The van der Waals surface area contributed by atoms with Crippen LogP contribution in [0.5, 0.6) is 0 Å². The molecule has 3 aromatic heterocycles. The summed E-state index contributed by atoms with van der Waals surface area (Å²) in [4.78, 5) is 44.7. The predicted molar refractivity (Wildman–Crippen MR) is 86.8 cm³/mol. The lowest BCUT2D eigenvalue weighted by Crippen LogP contribution is -2.42. The van der Waals surface area contributed by atoms with Gasteiger partial charge in [-0.1, -0.05) is 0 Å². The van der Waals surface area contributed by atoms with Crippen molar-refractivity contribution in [1.29, 1.82) is 0 Å². The molecule has 0 bridgehead atoms. The van der Waals surface area contributed by atoms with Gasteiger partial charge in [0.2, 0.25) is 0 Å². The van der Waals surface area contributed by atoms with Crippen LogP contribution in [0.15, 0.2) is 40.4 Å². The highest BCUT2D eigenvalue weighted by molar-refractivity contribution is 5.93. The molecule has 0 aliphatic rings. The van der Waals surface area contributed by atoms with Crippen molar-refractivity contribution >= 4 is 17.1 Å². The van der Waals surface area contributed by atoms with Crippen molar-refractivity contribution in [3.63, 3.8) is 0 Å². The SMILES string of the molecule is Cn1cnc2c1c(=O)n(CCNC(=O)c1cccnc1)c(=O)n2C. The molecule has 0 atom stereocenters. The molecule has 0 saturated heterocycles. The van der Waals surface area contributed by atoms with Crippen molar-refractivity contribution < 1.29 is 4.79 Å². The minimum absolute atomic E-state index is 0.0681. The van der Waals surface area contributed by atoms with Crippen LogP contribution in [0.4, 0.5) is 0 Å². The van der Waals surface area contributed by atoms with E-state index in [0.717, 1.165) is 4.57 Å². The lowest BCUT2D eigenvalue weighted by Gasteiger charge is -2.09. The van der Waals surface area contributed by atoms with Crippen molar-refractivity contribution in [3.05, 3.63) is 57.3 Å². The van der Waals surface area contributed by atoms with E-state index in [-0.39, 0.29) is 19.0 Å². The van der Waals surface area contributed by atoms with Crippen molar-refractivity contribution in [3.8, 4) is 0 Å². The maximum absolute atomic E-state index is 12.5. The van der Waals surface area contributed by atoms with Crippen LogP contribution in [0.3, 0.4) is 0 Å². The van der Waals surface area contributed by atoms with Gasteiger partial charge < -0.3 is 9.88 Å². The van der Waals surface area contributed by atoms with E-state index in [1.54, 1.807) is 37.0 Å². The summed E-state index contributed by atoms with van der Waals surface area (Å²) >= 11 is 0. The Morgan fingerprint density at radius 1 is 1.29 bits per heavy atom. The first-order valence-electron chi connectivity index (χ1n) is 7.30. The monoisotopic (exact) mass is 328 g/mol. The third kappa shape index (κ3) is 2.60. The number of fused-ring (bicyclic) bond motifs is 1. The third-order valence-corrected chi connectivity index (χ3v) is 3.75. The van der Waals surface area contributed by atoms with Gasteiger partial charge in [0.25, 0.3) is 11.5 Å². The number of hydrogen-bond donors (Lipinski definition) is 1. The van der Waals surface area contributed by atoms with Crippen molar-refractivity contribution in [1.82, 2.24) is 29.0 Å². The molecule has 9 nitrogen and oxygen atoms in total. The Bertz CT molecular complexity index is 1020. The quantitative estimate of drug-likeness (QED) is 0.679. The third-order valence-electron chi connectivity index (χ3n) is 3.75. The number of amides is 1. The van der Waals surface area contributed by atoms with E-state index in [9.17, 15) is 14.4 Å². The van der Waals surface area contributed by atoms with Crippen LogP contribution in [-0.2, 0) is 20.6 Å². The smallest absolute Gasteiger partial charge is 0.332 e. The molecule has 1 amide bonds. The molecule has 124 valence electrons. The van der Waals surface area contributed by atoms with Crippen LogP contribution in [0.2, 0.25) is 0 Å². The second kappa shape index (κ2) is 6.11. The molecule has 3 aromatic rings. The fourth-order valence-corrected chi connectivity index (χ4v) is 2.47. The van der Waals surface area contributed by atoms with Crippen molar-refractivity contribution in [2.45, 2.75) is 6.54 Å². The Kier molecular flexibility index (Phi) is 3.98. The zero-order chi connectivity index (χ0) is 17.3. The summed E-state index contributed by atoms with van der Waals surface area (Å²) in [6.07, 6.45) is 4.51. The molecule has 0 saturated carbocycles. The Morgan fingerprint density at radius 2 is 2.08 bits per heavy atom. The summed E-state index contributed by atoms with van der Waals surface area (Å²) in [6, 6.07) is 3.29. The lowest BCUT2D eigenvalue weighted by molar-refractivity contribution is 0.0951. The van der Waals surface area contributed by atoms with Crippen LogP contribution in [0.25, 0.3) is 11.2 Å². The molecule has 9 heteroatoms. The van der Waals surface area contributed by atoms with Crippen LogP contribution in [-0.4, -0.2) is 36.1 Å². The molecule has 0 aliphatic heterocycles. The first-order valence-corrected chi connectivity index (χ1v) is 7.30. The molecule has 0 radical (unpaired) electrons. The topological polar surface area (TPSA) is 104 Å². The van der Waals surface area contributed by atoms with Gasteiger partial charge in [0.1, 0.15) is 0 Å². The van der Waals surface area contributed by atoms with Gasteiger partial charge in [0.05, 0.1) is 11.9 Å². The maximum atomic E-state index is 12.5. The highest BCUT2D eigenvalue weighted by Crippen LogP contribution is 2.02. The molecule has 1 N–H and O–H groups in total. The van der Waals surface area contributed by atoms with Gasteiger partial charge in [0.15, 0.2) is 11.2 Å². The van der Waals surface area contributed by atoms with E-state index in [2.05, 4.69) is 15.3 Å². The normalized spacial score (nSPS) is 10.9. The molecule has 0 aliphatic carbocycles. The number of rotatable bonds is 4. The fourth-order valence-electron chi connectivity index (χ4n) is 2.47. The second-order valence-electron chi connectivity index (χ2n) is 5.32. The zero-order valence-corrected chi connectivity index (χ0v) is 13.3. The number of carbonyl (C=O) groups is 1. The summed E-state index contributed by atoms with van der Waals surface area (Å²) < 4.78 is 3.98. The first kappa shape index (κ1) is 15.7. The molecule has 0 unspecified atom stereocenters. The second-order valence-corrected chi connectivity index (χ2v) is 5.32. The van der Waals surface area contributed by atoms with Crippen LogP contribution in [0, 0.1) is 0 Å². The van der Waals surface area contributed by atoms with Gasteiger partial charge in [-0.3, -0.25) is 23.7 Å². The highest BCUT2D eigenvalue weighted by Gasteiger charge is 2.14. The van der Waals surface area contributed by atoms with Crippen molar-refractivity contribution in [2.75, 3.05) is 6.54 Å². The van der Waals surface area contributed by atoms with E-state index in [0.29, 0.717) is 16.7 Å². The number of imidazole rings is 1. The summed E-state index contributed by atoms with van der Waals surface area (Å²) in [7, 11) is 3.25. The molecule has 3 heterocycles. The molecule has 0 spiro atoms. The Hall–Kier alpha value is -3.23. The molecule has 0 fully saturated rings. The Balaban J connectivity index is 1.83. The fraction of sp³-hybridized carbons (Fsp3) is 0.267. The van der Waals surface area contributed by atoms with E-state index >= 15 is 0 Å². The summed E-state index contributed by atoms with van der Waals surface area (Å²) in [5.74, 6) is -0.311. The van der Waals surface area contributed by atoms with Gasteiger partial charge in [-0.2, -0.15) is 0 Å². The van der Waals surface area contributed by atoms with E-state index in [1.807, 2.05) is 0 Å². The van der Waals surface area contributed by atoms with Crippen molar-refractivity contribution in [2.24, 2.45) is 14.1 Å². The standard InChI is InChI=1S/C15H16N6O3/c1-19-9-18-12-11(19)14(23)21(15(24)20(12)2)7-6-17-13(22)10-4-3-5-16-8-10/h3-5,8-9H,6-7H2,1-2H3,(H,17,22). The minimum atomic E-state index is -0.471. The number of pyridine rings is 1. The Labute approximate surface area is 136 Å². The van der Waals surface area contributed by atoms with E-state index < -0.39 is 11.2 Å². The highest BCUT2D eigenvalue weighted by atomic mass is 16.2. The number of aromatic nitrogens is 5. The molecular weight excluding hydrogens is 312 g/mol. The number of carbonyl (C=O) groups excluding carboxylic acids is 1. The van der Waals surface area contributed by atoms with E-state index in [1.165, 1.54) is 17.1 Å². The van der Waals surface area contributed by atoms with Gasteiger partial charge in [-0.25, -0.2) is 9.78 Å². The molecule has 24 heavy (non-hydrogen) atoms. The van der Waals surface area contributed by atoms with Gasteiger partial charge in [-0.05, 0) is 12.1 Å². The molecular formula is C15H16N6O3. The van der Waals surface area contributed by atoms with Crippen LogP contribution in [0.1, 0.15) is 10.4 Å². The van der Waals surface area contributed by atoms with Gasteiger partial charge in [0, 0.05) is 39.6 Å². The number of aryl methyl sites for hydroxylation is 2. The number of hydrogen-bond acceptors (Lipinski definition) is 5. The minimum Gasteiger partial charge on any atom is -0.350 e. The lowest BCUT2D eigenvalue weighted by atomic mass is 10.3. The van der Waals surface area contributed by atoms with Crippen LogP contribution < -0.4 is 16.6 Å². The maximum Gasteiger partial charge on any atom is 0.332 e. The Morgan fingerprint density at radius 3 is 2.79 bits per heavy atom. The average molecular weight is 328 g/mol. The van der Waals surface area contributed by atoms with Crippen LogP contribution >= 0.6 is 0 Å². The predicted octanol–water partition coefficient (Wildman–Crippen LogP) is -0.741. The number of nitrogens with zero attached hydrogens (tertiary/aromatic N) is 5. The molecule has 0 aromatic carbocycles. The zero-order valence-electron chi connectivity index (χ0n) is 13.3. The molecule has 3 rings (SSSR count).